The molecule has 10 nitrogen and oxygen atoms in total. The second-order valence-corrected chi connectivity index (χ2v) is 8.64. The van der Waals surface area contributed by atoms with Gasteiger partial charge in [-0.15, -0.1) is 0 Å². The monoisotopic (exact) mass is 442 g/mol. The highest BCUT2D eigenvalue weighted by Crippen LogP contribution is 2.23. The fourth-order valence-corrected chi connectivity index (χ4v) is 3.55. The number of aryl methyl sites for hydroxylation is 1. The highest BCUT2D eigenvalue weighted by atomic mass is 16.6. The van der Waals surface area contributed by atoms with Gasteiger partial charge in [0.25, 0.3) is 5.56 Å². The number of hydrogen-bond donors (Lipinski definition) is 2. The Kier molecular flexibility index (Phi) is 6.42. The molecule has 1 unspecified atom stereocenters. The van der Waals surface area contributed by atoms with Crippen molar-refractivity contribution in [1.82, 2.24) is 14.9 Å². The molecule has 3 amide bonds. The van der Waals surface area contributed by atoms with Crippen LogP contribution < -0.4 is 16.2 Å². The van der Waals surface area contributed by atoms with Crippen molar-refractivity contribution in [2.45, 2.75) is 65.0 Å². The van der Waals surface area contributed by atoms with E-state index < -0.39 is 35.0 Å². The number of anilines is 1. The third-order valence-electron chi connectivity index (χ3n) is 4.88. The van der Waals surface area contributed by atoms with E-state index in [1.807, 2.05) is 0 Å². The van der Waals surface area contributed by atoms with E-state index in [-0.39, 0.29) is 48.3 Å². The van der Waals surface area contributed by atoms with Crippen LogP contribution in [0.2, 0.25) is 0 Å². The van der Waals surface area contributed by atoms with Gasteiger partial charge in [0.1, 0.15) is 23.0 Å². The van der Waals surface area contributed by atoms with Crippen LogP contribution >= 0.6 is 0 Å². The van der Waals surface area contributed by atoms with Crippen molar-refractivity contribution in [2.75, 3.05) is 5.32 Å². The molecule has 2 heterocycles. The van der Waals surface area contributed by atoms with Crippen LogP contribution in [0.15, 0.2) is 23.0 Å². The first-order chi connectivity index (χ1) is 15.0. The van der Waals surface area contributed by atoms with Crippen LogP contribution in [-0.2, 0) is 23.9 Å². The summed E-state index contributed by atoms with van der Waals surface area (Å²) in [5.41, 5.74) is -0.462. The molecule has 2 N–H and O–H groups in total. The van der Waals surface area contributed by atoms with Crippen molar-refractivity contribution in [1.29, 1.82) is 0 Å². The number of ether oxygens (including phenoxy) is 1. The first kappa shape index (κ1) is 23.1. The van der Waals surface area contributed by atoms with Crippen molar-refractivity contribution in [3.63, 3.8) is 0 Å². The van der Waals surface area contributed by atoms with Crippen molar-refractivity contribution >= 4 is 40.3 Å². The molecule has 0 radical (unpaired) electrons. The molecule has 2 aromatic rings. The Bertz CT molecular complexity index is 1160. The number of rotatable bonds is 5. The number of para-hydroxylation sites is 1. The molecule has 1 aromatic heterocycles. The number of esters is 1. The molecule has 1 saturated heterocycles. The molecule has 1 aliphatic heterocycles. The van der Waals surface area contributed by atoms with Gasteiger partial charge >= 0.3 is 5.97 Å². The molecule has 1 atom stereocenters. The van der Waals surface area contributed by atoms with E-state index in [1.165, 1.54) is 4.57 Å². The van der Waals surface area contributed by atoms with Gasteiger partial charge in [-0.2, -0.15) is 0 Å². The molecule has 0 saturated carbocycles. The third-order valence-corrected chi connectivity index (χ3v) is 4.88. The molecule has 170 valence electrons. The van der Waals surface area contributed by atoms with Gasteiger partial charge in [-0.3, -0.25) is 33.9 Å². The fraction of sp³-hybridized carbons (Fsp3) is 0.455. The molecular weight excluding hydrogens is 416 g/mol. The van der Waals surface area contributed by atoms with Gasteiger partial charge in [0.15, 0.2) is 0 Å². The number of nitrogens with one attached hydrogen (secondary N) is 2. The van der Waals surface area contributed by atoms with Gasteiger partial charge in [0.05, 0.1) is 17.5 Å². The first-order valence-electron chi connectivity index (χ1n) is 10.3. The van der Waals surface area contributed by atoms with Gasteiger partial charge in [-0.05, 0) is 46.2 Å². The van der Waals surface area contributed by atoms with Crippen LogP contribution in [0.25, 0.3) is 10.9 Å². The minimum atomic E-state index is -0.829. The first-order valence-corrected chi connectivity index (χ1v) is 10.3. The van der Waals surface area contributed by atoms with E-state index in [2.05, 4.69) is 15.6 Å². The smallest absolute Gasteiger partial charge is 0.306 e. The standard InChI is InChI=1S/C22H26N4O6/c1-12-23-19-13(21(31)26(12)15-8-9-17(28)25-20(15)30)6-5-7-14(19)24-16(27)10-11-18(29)32-22(2,3)4/h5-7,15H,8-11H2,1-4H3,(H,24,27)(H,25,28,30). The highest BCUT2D eigenvalue weighted by Gasteiger charge is 2.30. The molecule has 1 aliphatic rings. The van der Waals surface area contributed by atoms with Gasteiger partial charge < -0.3 is 10.1 Å². The number of aromatic nitrogens is 2. The maximum Gasteiger partial charge on any atom is 0.306 e. The SMILES string of the molecule is Cc1nc2c(NC(=O)CCC(=O)OC(C)(C)C)cccc2c(=O)n1C1CCC(=O)NC1=O. The van der Waals surface area contributed by atoms with Crippen LogP contribution in [0.4, 0.5) is 5.69 Å². The molecule has 0 spiro atoms. The number of imide groups is 1. The quantitative estimate of drug-likeness (QED) is 0.532. The Morgan fingerprint density at radius 2 is 1.94 bits per heavy atom. The summed E-state index contributed by atoms with van der Waals surface area (Å²) in [5, 5.41) is 5.16. The lowest BCUT2D eigenvalue weighted by molar-refractivity contribution is -0.155. The van der Waals surface area contributed by atoms with Gasteiger partial charge in [-0.25, -0.2) is 4.98 Å². The summed E-state index contributed by atoms with van der Waals surface area (Å²) in [7, 11) is 0. The molecule has 0 aliphatic carbocycles. The number of piperidine rings is 1. The lowest BCUT2D eigenvalue weighted by atomic mass is 10.1. The van der Waals surface area contributed by atoms with Gasteiger partial charge in [0.2, 0.25) is 17.7 Å². The van der Waals surface area contributed by atoms with Crippen LogP contribution in [0.1, 0.15) is 58.3 Å². The number of fused-ring (bicyclic) bond motifs is 1. The average Bonchev–Trinajstić information content (AvgIpc) is 2.67. The lowest BCUT2D eigenvalue weighted by Gasteiger charge is -2.24. The molecule has 3 rings (SSSR count). The van der Waals surface area contributed by atoms with Gasteiger partial charge in [-0.1, -0.05) is 6.07 Å². The Morgan fingerprint density at radius 1 is 1.22 bits per heavy atom. The maximum absolute atomic E-state index is 13.1. The molecular formula is C22H26N4O6. The summed E-state index contributed by atoms with van der Waals surface area (Å²) in [6.07, 6.45) is 0.175. The third kappa shape index (κ3) is 5.19. The summed E-state index contributed by atoms with van der Waals surface area (Å²) >= 11 is 0. The number of hydrogen-bond acceptors (Lipinski definition) is 7. The second-order valence-electron chi connectivity index (χ2n) is 8.64. The average molecular weight is 442 g/mol. The predicted octanol–water partition coefficient (Wildman–Crippen LogP) is 1.74. The zero-order chi connectivity index (χ0) is 23.6. The molecule has 1 fully saturated rings. The van der Waals surface area contributed by atoms with Crippen LogP contribution in [-0.4, -0.2) is 38.8 Å². The Hall–Kier alpha value is -3.56. The van der Waals surface area contributed by atoms with Crippen LogP contribution in [0.5, 0.6) is 0 Å². The predicted molar refractivity (Wildman–Crippen MR) is 116 cm³/mol. The summed E-state index contributed by atoms with van der Waals surface area (Å²) in [4.78, 5) is 65.5. The van der Waals surface area contributed by atoms with Crippen molar-refractivity contribution in [3.8, 4) is 0 Å². The Morgan fingerprint density at radius 3 is 2.59 bits per heavy atom. The van der Waals surface area contributed by atoms with E-state index in [4.69, 9.17) is 4.74 Å². The second kappa shape index (κ2) is 8.89. The number of benzene rings is 1. The Labute approximate surface area is 184 Å². The normalized spacial score (nSPS) is 16.6. The highest BCUT2D eigenvalue weighted by molar-refractivity contribution is 6.01. The van der Waals surface area contributed by atoms with E-state index in [1.54, 1.807) is 45.9 Å². The van der Waals surface area contributed by atoms with Crippen molar-refractivity contribution in [3.05, 3.63) is 34.4 Å². The number of amides is 3. The fourth-order valence-electron chi connectivity index (χ4n) is 3.55. The minimum Gasteiger partial charge on any atom is -0.460 e. The van der Waals surface area contributed by atoms with E-state index in [0.717, 1.165) is 0 Å². The van der Waals surface area contributed by atoms with Crippen molar-refractivity contribution < 1.29 is 23.9 Å². The largest absolute Gasteiger partial charge is 0.460 e. The van der Waals surface area contributed by atoms with Gasteiger partial charge in [0, 0.05) is 12.8 Å². The Balaban J connectivity index is 1.84. The van der Waals surface area contributed by atoms with E-state index in [0.29, 0.717) is 5.69 Å². The summed E-state index contributed by atoms with van der Waals surface area (Å²) < 4.78 is 6.47. The summed E-state index contributed by atoms with van der Waals surface area (Å²) in [6.45, 7) is 6.83. The minimum absolute atomic E-state index is 0.0807. The molecule has 1 aromatic carbocycles. The summed E-state index contributed by atoms with van der Waals surface area (Å²) in [6, 6.07) is 3.93. The van der Waals surface area contributed by atoms with Crippen LogP contribution in [0, 0.1) is 6.92 Å². The van der Waals surface area contributed by atoms with E-state index >= 15 is 0 Å². The zero-order valence-electron chi connectivity index (χ0n) is 18.5. The zero-order valence-corrected chi connectivity index (χ0v) is 18.5. The van der Waals surface area contributed by atoms with E-state index in [9.17, 15) is 24.0 Å². The molecule has 32 heavy (non-hydrogen) atoms. The molecule has 10 heteroatoms. The lowest BCUT2D eigenvalue weighted by Crippen LogP contribution is -2.45. The molecule has 0 bridgehead atoms. The van der Waals surface area contributed by atoms with Crippen molar-refractivity contribution in [2.24, 2.45) is 0 Å². The topological polar surface area (TPSA) is 136 Å². The van der Waals surface area contributed by atoms with Crippen LogP contribution in [0.3, 0.4) is 0 Å². The maximum atomic E-state index is 13.1. The number of nitrogens with zero attached hydrogens (tertiary/aromatic N) is 2. The number of carbonyl (C=O) groups is 4. The summed E-state index contributed by atoms with van der Waals surface area (Å²) in [5.74, 6) is -1.53. The number of carbonyl (C=O) groups excluding carboxylic acids is 4.